The first-order chi connectivity index (χ1) is 14.8. The van der Waals surface area contributed by atoms with Gasteiger partial charge in [-0.1, -0.05) is 47.5 Å². The number of hydrogen-bond acceptors (Lipinski definition) is 3. The van der Waals surface area contributed by atoms with Gasteiger partial charge in [-0.2, -0.15) is 0 Å². The first-order valence-corrected chi connectivity index (χ1v) is 10.3. The number of carbonyl (C=O) groups is 1. The molecular formula is C27H28FNO2. The van der Waals surface area contributed by atoms with E-state index >= 15 is 0 Å². The van der Waals surface area contributed by atoms with Crippen LogP contribution >= 0.6 is 0 Å². The van der Waals surface area contributed by atoms with Crippen LogP contribution in [0.15, 0.2) is 66.7 Å². The minimum atomic E-state index is -0.427. The third-order valence-electron chi connectivity index (χ3n) is 4.88. The second-order valence-corrected chi connectivity index (χ2v) is 7.99. The van der Waals surface area contributed by atoms with E-state index in [2.05, 4.69) is 32.0 Å². The number of ether oxygens (including phenoxy) is 1. The van der Waals surface area contributed by atoms with Crippen LogP contribution in [0.25, 0.3) is 17.2 Å². The van der Waals surface area contributed by atoms with Crippen molar-refractivity contribution in [3.05, 3.63) is 94.8 Å². The van der Waals surface area contributed by atoms with Crippen molar-refractivity contribution in [3.8, 4) is 16.9 Å². The molecule has 0 heterocycles. The number of nitrogens with zero attached hydrogens (tertiary/aromatic N) is 1. The fourth-order valence-electron chi connectivity index (χ4n) is 3.37. The fraction of sp³-hybridized carbons (Fsp3) is 0.222. The lowest BCUT2D eigenvalue weighted by Crippen LogP contribution is -2.19. The molecule has 160 valence electrons. The molecule has 31 heavy (non-hydrogen) atoms. The zero-order valence-electron chi connectivity index (χ0n) is 18.5. The topological polar surface area (TPSA) is 29.5 Å². The molecule has 0 radical (unpaired) electrons. The molecule has 0 aliphatic heterocycles. The van der Waals surface area contributed by atoms with Gasteiger partial charge >= 0.3 is 0 Å². The number of halogens is 1. The number of rotatable bonds is 8. The summed E-state index contributed by atoms with van der Waals surface area (Å²) in [5, 5.41) is 0. The van der Waals surface area contributed by atoms with Gasteiger partial charge in [-0.25, -0.2) is 4.39 Å². The maximum atomic E-state index is 13.5. The maximum Gasteiger partial charge on any atom is 0.185 e. The van der Waals surface area contributed by atoms with Crippen molar-refractivity contribution in [2.45, 2.75) is 13.8 Å². The molecular weight excluding hydrogens is 389 g/mol. The van der Waals surface area contributed by atoms with Crippen LogP contribution < -0.4 is 4.74 Å². The molecule has 0 saturated carbocycles. The van der Waals surface area contributed by atoms with Gasteiger partial charge in [0, 0.05) is 17.7 Å². The van der Waals surface area contributed by atoms with Gasteiger partial charge in [0.15, 0.2) is 5.78 Å². The Labute approximate surface area is 183 Å². The number of likely N-dealkylation sites (N-methyl/N-ethyl adjacent to an activating group) is 1. The van der Waals surface area contributed by atoms with Crippen molar-refractivity contribution in [1.82, 2.24) is 4.90 Å². The van der Waals surface area contributed by atoms with Crippen molar-refractivity contribution in [1.29, 1.82) is 0 Å². The number of carbonyl (C=O) groups excluding carboxylic acids is 1. The summed E-state index contributed by atoms with van der Waals surface area (Å²) in [6.45, 7) is 5.47. The molecule has 0 atom stereocenters. The zero-order valence-corrected chi connectivity index (χ0v) is 18.5. The summed E-state index contributed by atoms with van der Waals surface area (Å²) >= 11 is 0. The van der Waals surface area contributed by atoms with Crippen LogP contribution in [0, 0.1) is 19.7 Å². The maximum absolute atomic E-state index is 13.5. The van der Waals surface area contributed by atoms with E-state index in [1.807, 2.05) is 37.2 Å². The van der Waals surface area contributed by atoms with Crippen molar-refractivity contribution < 1.29 is 13.9 Å². The Morgan fingerprint density at radius 1 is 0.968 bits per heavy atom. The molecule has 0 spiro atoms. The van der Waals surface area contributed by atoms with E-state index in [1.165, 1.54) is 35.4 Å². The van der Waals surface area contributed by atoms with Gasteiger partial charge in [0.1, 0.15) is 18.2 Å². The number of benzene rings is 3. The third-order valence-corrected chi connectivity index (χ3v) is 4.88. The van der Waals surface area contributed by atoms with Gasteiger partial charge in [0.2, 0.25) is 0 Å². The number of hydrogen-bond donors (Lipinski definition) is 0. The first kappa shape index (κ1) is 22.4. The Kier molecular flexibility index (Phi) is 7.37. The second-order valence-electron chi connectivity index (χ2n) is 7.99. The molecule has 0 aliphatic rings. The van der Waals surface area contributed by atoms with E-state index in [9.17, 15) is 9.18 Å². The summed E-state index contributed by atoms with van der Waals surface area (Å²) < 4.78 is 19.4. The molecule has 0 unspecified atom stereocenters. The molecule has 0 N–H and O–H groups in total. The van der Waals surface area contributed by atoms with E-state index in [0.29, 0.717) is 17.9 Å². The minimum absolute atomic E-state index is 0.254. The van der Waals surface area contributed by atoms with Crippen LogP contribution in [0.2, 0.25) is 0 Å². The first-order valence-electron chi connectivity index (χ1n) is 10.3. The molecule has 4 heteroatoms. The van der Waals surface area contributed by atoms with Gasteiger partial charge in [-0.3, -0.25) is 4.79 Å². The SMILES string of the molecule is Cc1cc(C)cc(-c2ccc(OCCN(C)C)c(C=CC(=O)c3cccc(F)c3)c2)c1. The van der Waals surface area contributed by atoms with Crippen molar-refractivity contribution in [2.75, 3.05) is 27.2 Å². The van der Waals surface area contributed by atoms with Gasteiger partial charge in [0.25, 0.3) is 0 Å². The van der Waals surface area contributed by atoms with Crippen LogP contribution in [-0.2, 0) is 0 Å². The molecule has 0 bridgehead atoms. The van der Waals surface area contributed by atoms with Gasteiger partial charge < -0.3 is 9.64 Å². The predicted octanol–water partition coefficient (Wildman–Crippen LogP) is 5.95. The van der Waals surface area contributed by atoms with Crippen LogP contribution in [0.5, 0.6) is 5.75 Å². The summed E-state index contributed by atoms with van der Waals surface area (Å²) in [7, 11) is 3.98. The summed E-state index contributed by atoms with van der Waals surface area (Å²) in [6.07, 6.45) is 3.21. The Bertz CT molecular complexity index is 1080. The third kappa shape index (κ3) is 6.37. The lowest BCUT2D eigenvalue weighted by Gasteiger charge is -2.14. The largest absolute Gasteiger partial charge is 0.492 e. The van der Waals surface area contributed by atoms with Crippen molar-refractivity contribution in [2.24, 2.45) is 0 Å². The Balaban J connectivity index is 1.94. The molecule has 0 aliphatic carbocycles. The lowest BCUT2D eigenvalue weighted by molar-refractivity contribution is 0.104. The zero-order chi connectivity index (χ0) is 22.4. The fourth-order valence-corrected chi connectivity index (χ4v) is 3.37. The molecule has 3 nitrogen and oxygen atoms in total. The molecule has 3 rings (SSSR count). The highest BCUT2D eigenvalue weighted by Gasteiger charge is 2.08. The molecule has 3 aromatic carbocycles. The van der Waals surface area contributed by atoms with E-state index in [0.717, 1.165) is 23.2 Å². The molecule has 3 aromatic rings. The standard InChI is InChI=1S/C27H28FNO2/c1-19-14-20(2)16-24(15-19)21-9-11-27(31-13-12-29(3)4)23(17-21)8-10-26(30)22-6-5-7-25(28)18-22/h5-11,14-18H,12-13H2,1-4H3. The van der Waals surface area contributed by atoms with Gasteiger partial charge in [-0.05, 0) is 75.5 Å². The van der Waals surface area contributed by atoms with E-state index in [1.54, 1.807) is 12.1 Å². The highest BCUT2D eigenvalue weighted by Crippen LogP contribution is 2.29. The normalized spacial score (nSPS) is 11.3. The highest BCUT2D eigenvalue weighted by atomic mass is 19.1. The smallest absolute Gasteiger partial charge is 0.185 e. The van der Waals surface area contributed by atoms with Crippen LogP contribution in [0.3, 0.4) is 0 Å². The lowest BCUT2D eigenvalue weighted by atomic mass is 9.98. The summed E-state index contributed by atoms with van der Waals surface area (Å²) in [6, 6.07) is 18.1. The Hall–Kier alpha value is -3.24. The molecule has 0 amide bonds. The summed E-state index contributed by atoms with van der Waals surface area (Å²) in [5.41, 5.74) is 5.67. The second kappa shape index (κ2) is 10.2. The quantitative estimate of drug-likeness (QED) is 0.335. The van der Waals surface area contributed by atoms with Crippen molar-refractivity contribution in [3.63, 3.8) is 0 Å². The number of allylic oxidation sites excluding steroid dienone is 1. The molecule has 0 fully saturated rings. The van der Waals surface area contributed by atoms with Gasteiger partial charge in [-0.15, -0.1) is 0 Å². The van der Waals surface area contributed by atoms with E-state index in [4.69, 9.17) is 4.74 Å². The molecule has 0 saturated heterocycles. The average Bonchev–Trinajstić information content (AvgIpc) is 2.71. The van der Waals surface area contributed by atoms with Gasteiger partial charge in [0.05, 0.1) is 0 Å². The average molecular weight is 418 g/mol. The van der Waals surface area contributed by atoms with Crippen molar-refractivity contribution >= 4 is 11.9 Å². The highest BCUT2D eigenvalue weighted by molar-refractivity contribution is 6.07. The van der Waals surface area contributed by atoms with Crippen LogP contribution in [0.1, 0.15) is 27.0 Å². The Morgan fingerprint density at radius 2 is 1.71 bits per heavy atom. The van der Waals surface area contributed by atoms with E-state index in [-0.39, 0.29) is 5.78 Å². The molecule has 0 aromatic heterocycles. The van der Waals surface area contributed by atoms with Crippen LogP contribution in [0.4, 0.5) is 4.39 Å². The number of ketones is 1. The van der Waals surface area contributed by atoms with Crippen LogP contribution in [-0.4, -0.2) is 37.9 Å². The summed E-state index contributed by atoms with van der Waals surface area (Å²) in [4.78, 5) is 14.6. The Morgan fingerprint density at radius 3 is 2.39 bits per heavy atom. The number of aryl methyl sites for hydroxylation is 2. The monoisotopic (exact) mass is 417 g/mol. The minimum Gasteiger partial charge on any atom is -0.492 e. The summed E-state index contributed by atoms with van der Waals surface area (Å²) in [5.74, 6) is 0.0255. The predicted molar refractivity (Wildman–Crippen MR) is 125 cm³/mol. The van der Waals surface area contributed by atoms with E-state index < -0.39 is 5.82 Å².